The van der Waals surface area contributed by atoms with E-state index < -0.39 is 0 Å². The summed E-state index contributed by atoms with van der Waals surface area (Å²) in [5, 5.41) is 3.40. The number of aromatic nitrogens is 1. The van der Waals surface area contributed by atoms with Crippen molar-refractivity contribution in [1.29, 1.82) is 0 Å². The molecule has 1 aromatic heterocycles. The molecule has 2 aromatic carbocycles. The fourth-order valence-corrected chi connectivity index (χ4v) is 2.30. The standard InChI is InChI=1S/C17H15FN2O3/c1-22-13-7-12(8-14(9-13)23-2)19-17(21)16-6-10-5-11(18)3-4-15(10)20-16/h3-9,20H,1-2H3,(H,19,21). The van der Waals surface area contributed by atoms with Crippen molar-refractivity contribution in [2.24, 2.45) is 0 Å². The summed E-state index contributed by atoms with van der Waals surface area (Å²) < 4.78 is 23.5. The molecule has 0 saturated carbocycles. The third kappa shape index (κ3) is 3.11. The summed E-state index contributed by atoms with van der Waals surface area (Å²) in [6, 6.07) is 11.0. The van der Waals surface area contributed by atoms with E-state index in [-0.39, 0.29) is 11.7 Å². The Hall–Kier alpha value is -3.02. The van der Waals surface area contributed by atoms with E-state index in [4.69, 9.17) is 9.47 Å². The van der Waals surface area contributed by atoms with E-state index in [2.05, 4.69) is 10.3 Å². The first kappa shape index (κ1) is 14.9. The molecule has 118 valence electrons. The minimum Gasteiger partial charge on any atom is -0.497 e. The summed E-state index contributed by atoms with van der Waals surface area (Å²) in [6.45, 7) is 0. The van der Waals surface area contributed by atoms with Gasteiger partial charge in [0.2, 0.25) is 0 Å². The zero-order valence-corrected chi connectivity index (χ0v) is 12.6. The monoisotopic (exact) mass is 314 g/mol. The first-order chi connectivity index (χ1) is 11.1. The highest BCUT2D eigenvalue weighted by Crippen LogP contribution is 2.26. The van der Waals surface area contributed by atoms with Crippen LogP contribution < -0.4 is 14.8 Å². The van der Waals surface area contributed by atoms with E-state index in [0.717, 1.165) is 0 Å². The molecule has 0 aliphatic heterocycles. The van der Waals surface area contributed by atoms with Gasteiger partial charge < -0.3 is 19.8 Å². The minimum atomic E-state index is -0.346. The Morgan fingerprint density at radius 1 is 1.04 bits per heavy atom. The molecule has 6 heteroatoms. The summed E-state index contributed by atoms with van der Waals surface area (Å²) in [4.78, 5) is 15.3. The number of hydrogen-bond acceptors (Lipinski definition) is 3. The number of carbonyl (C=O) groups is 1. The number of rotatable bonds is 4. The van der Waals surface area contributed by atoms with Crippen LogP contribution in [-0.4, -0.2) is 25.1 Å². The molecule has 0 spiro atoms. The Morgan fingerprint density at radius 3 is 2.39 bits per heavy atom. The molecule has 0 aliphatic carbocycles. The molecule has 3 aromatic rings. The van der Waals surface area contributed by atoms with Gasteiger partial charge in [0, 0.05) is 34.8 Å². The van der Waals surface area contributed by atoms with Crippen molar-refractivity contribution in [1.82, 2.24) is 4.98 Å². The Morgan fingerprint density at radius 2 is 1.74 bits per heavy atom. The van der Waals surface area contributed by atoms with Crippen LogP contribution in [0.2, 0.25) is 0 Å². The first-order valence-electron chi connectivity index (χ1n) is 6.92. The van der Waals surface area contributed by atoms with Gasteiger partial charge in [0.15, 0.2) is 0 Å². The first-order valence-corrected chi connectivity index (χ1v) is 6.92. The van der Waals surface area contributed by atoms with Crippen LogP contribution in [0.15, 0.2) is 42.5 Å². The normalized spacial score (nSPS) is 10.6. The number of anilines is 1. The lowest BCUT2D eigenvalue weighted by atomic mass is 10.2. The highest BCUT2D eigenvalue weighted by molar-refractivity contribution is 6.06. The molecule has 3 rings (SSSR count). The Balaban J connectivity index is 1.88. The van der Waals surface area contributed by atoms with Gasteiger partial charge >= 0.3 is 0 Å². The Kier molecular flexibility index (Phi) is 3.89. The van der Waals surface area contributed by atoms with Crippen molar-refractivity contribution in [3.63, 3.8) is 0 Å². The summed E-state index contributed by atoms with van der Waals surface area (Å²) in [6.07, 6.45) is 0. The SMILES string of the molecule is COc1cc(NC(=O)c2cc3cc(F)ccc3[nH]2)cc(OC)c1. The number of carbonyl (C=O) groups excluding carboxylic acids is 1. The van der Waals surface area contributed by atoms with E-state index in [1.54, 1.807) is 30.3 Å². The molecular weight excluding hydrogens is 299 g/mol. The smallest absolute Gasteiger partial charge is 0.272 e. The molecule has 0 aliphatic rings. The minimum absolute atomic E-state index is 0.336. The van der Waals surface area contributed by atoms with Crippen LogP contribution in [0.5, 0.6) is 11.5 Å². The topological polar surface area (TPSA) is 63.3 Å². The number of nitrogens with one attached hydrogen (secondary N) is 2. The fraction of sp³-hybridized carbons (Fsp3) is 0.118. The Bertz CT molecular complexity index is 851. The quantitative estimate of drug-likeness (QED) is 0.774. The second-order valence-corrected chi connectivity index (χ2v) is 4.97. The second-order valence-electron chi connectivity index (χ2n) is 4.97. The van der Waals surface area contributed by atoms with E-state index in [0.29, 0.717) is 33.8 Å². The number of halogens is 1. The molecule has 23 heavy (non-hydrogen) atoms. The van der Waals surface area contributed by atoms with Crippen LogP contribution >= 0.6 is 0 Å². The van der Waals surface area contributed by atoms with E-state index in [1.165, 1.54) is 26.4 Å². The zero-order valence-electron chi connectivity index (χ0n) is 12.6. The van der Waals surface area contributed by atoms with Crippen molar-refractivity contribution < 1.29 is 18.7 Å². The maximum atomic E-state index is 13.2. The van der Waals surface area contributed by atoms with Crippen LogP contribution in [0, 0.1) is 5.82 Å². The van der Waals surface area contributed by atoms with Gasteiger partial charge in [-0.25, -0.2) is 4.39 Å². The highest BCUT2D eigenvalue weighted by Gasteiger charge is 2.11. The summed E-state index contributed by atoms with van der Waals surface area (Å²) in [5.74, 6) is 0.453. The van der Waals surface area contributed by atoms with Gasteiger partial charge in [0.05, 0.1) is 14.2 Å². The third-order valence-corrected chi connectivity index (χ3v) is 3.44. The number of benzene rings is 2. The lowest BCUT2D eigenvalue weighted by Gasteiger charge is -2.09. The van der Waals surface area contributed by atoms with Gasteiger partial charge in [-0.15, -0.1) is 0 Å². The molecule has 0 bridgehead atoms. The number of hydrogen-bond donors (Lipinski definition) is 2. The maximum Gasteiger partial charge on any atom is 0.272 e. The average molecular weight is 314 g/mol. The lowest BCUT2D eigenvalue weighted by molar-refractivity contribution is 0.102. The van der Waals surface area contributed by atoms with Gasteiger partial charge in [0.1, 0.15) is 23.0 Å². The molecule has 5 nitrogen and oxygen atoms in total. The van der Waals surface area contributed by atoms with Gasteiger partial charge in [-0.3, -0.25) is 4.79 Å². The van der Waals surface area contributed by atoms with Crippen LogP contribution in [0.4, 0.5) is 10.1 Å². The molecule has 0 fully saturated rings. The predicted octanol–water partition coefficient (Wildman–Crippen LogP) is 3.58. The van der Waals surface area contributed by atoms with Crippen molar-refractivity contribution in [3.8, 4) is 11.5 Å². The predicted molar refractivity (Wildman–Crippen MR) is 85.8 cm³/mol. The van der Waals surface area contributed by atoms with Gasteiger partial charge in [-0.2, -0.15) is 0 Å². The van der Waals surface area contributed by atoms with E-state index in [1.807, 2.05) is 0 Å². The Labute approximate surface area is 132 Å². The number of aromatic amines is 1. The molecule has 1 amide bonds. The van der Waals surface area contributed by atoms with Crippen molar-refractivity contribution >= 4 is 22.5 Å². The van der Waals surface area contributed by atoms with Crippen molar-refractivity contribution in [3.05, 3.63) is 54.0 Å². The number of amides is 1. The number of ether oxygens (including phenoxy) is 2. The molecule has 0 atom stereocenters. The van der Waals surface area contributed by atoms with Crippen LogP contribution in [0.1, 0.15) is 10.5 Å². The molecule has 0 saturated heterocycles. The molecule has 2 N–H and O–H groups in total. The molecule has 1 heterocycles. The van der Waals surface area contributed by atoms with Gasteiger partial charge in [-0.1, -0.05) is 0 Å². The number of fused-ring (bicyclic) bond motifs is 1. The lowest BCUT2D eigenvalue weighted by Crippen LogP contribution is -2.12. The third-order valence-electron chi connectivity index (χ3n) is 3.44. The molecule has 0 radical (unpaired) electrons. The van der Waals surface area contributed by atoms with Gasteiger partial charge in [0.25, 0.3) is 5.91 Å². The van der Waals surface area contributed by atoms with E-state index >= 15 is 0 Å². The summed E-state index contributed by atoms with van der Waals surface area (Å²) >= 11 is 0. The van der Waals surface area contributed by atoms with Crippen LogP contribution in [0.3, 0.4) is 0 Å². The fourth-order valence-electron chi connectivity index (χ4n) is 2.30. The van der Waals surface area contributed by atoms with Crippen molar-refractivity contribution in [2.75, 3.05) is 19.5 Å². The largest absolute Gasteiger partial charge is 0.497 e. The highest BCUT2D eigenvalue weighted by atomic mass is 19.1. The van der Waals surface area contributed by atoms with Gasteiger partial charge in [-0.05, 0) is 24.3 Å². The summed E-state index contributed by atoms with van der Waals surface area (Å²) in [5.41, 5.74) is 1.57. The second kappa shape index (κ2) is 6.00. The van der Waals surface area contributed by atoms with Crippen LogP contribution in [-0.2, 0) is 0 Å². The zero-order chi connectivity index (χ0) is 16.4. The average Bonchev–Trinajstić information content (AvgIpc) is 2.97. The number of methoxy groups -OCH3 is 2. The molecular formula is C17H15FN2O3. The van der Waals surface area contributed by atoms with Crippen LogP contribution in [0.25, 0.3) is 10.9 Å². The molecule has 0 unspecified atom stereocenters. The maximum absolute atomic E-state index is 13.2. The van der Waals surface area contributed by atoms with E-state index in [9.17, 15) is 9.18 Å². The number of H-pyrrole nitrogens is 1. The van der Waals surface area contributed by atoms with Crippen molar-refractivity contribution in [2.45, 2.75) is 0 Å². The summed E-state index contributed by atoms with van der Waals surface area (Å²) in [7, 11) is 3.07.